The van der Waals surface area contributed by atoms with Crippen molar-refractivity contribution in [3.05, 3.63) is 64.6 Å². The number of aromatic nitrogens is 3. The Morgan fingerprint density at radius 3 is 2.79 bits per heavy atom. The lowest BCUT2D eigenvalue weighted by atomic mass is 10.0. The number of carbonyl (C=O) groups is 1. The maximum absolute atomic E-state index is 12.9. The number of fused-ring (bicyclic) bond motifs is 1. The highest BCUT2D eigenvalue weighted by Gasteiger charge is 2.25. The number of nitrogens with zero attached hydrogens (tertiary/aromatic N) is 4. The van der Waals surface area contributed by atoms with E-state index in [1.165, 1.54) is 0 Å². The standard InChI is InChI=1S/C22H26N4O2/c1-15-13-21-23-16(2)19(17(3)26(21)24-15)9-10-22(27)25-11-12-28-20(14-25)18-7-5-4-6-8-18/h4-8,13,20H,9-12,14H2,1-3H3/t20-/m0/s1. The lowest BCUT2D eigenvalue weighted by Gasteiger charge is -2.33. The van der Waals surface area contributed by atoms with Gasteiger partial charge in [0.1, 0.15) is 6.10 Å². The third kappa shape index (κ3) is 3.64. The minimum absolute atomic E-state index is 0.0487. The summed E-state index contributed by atoms with van der Waals surface area (Å²) in [6, 6.07) is 12.1. The van der Waals surface area contributed by atoms with Crippen LogP contribution in [0.25, 0.3) is 5.65 Å². The van der Waals surface area contributed by atoms with E-state index >= 15 is 0 Å². The van der Waals surface area contributed by atoms with Gasteiger partial charge in [-0.05, 0) is 38.3 Å². The van der Waals surface area contributed by atoms with Crippen LogP contribution < -0.4 is 0 Å². The Morgan fingerprint density at radius 2 is 2.00 bits per heavy atom. The molecule has 6 nitrogen and oxygen atoms in total. The van der Waals surface area contributed by atoms with Crippen molar-refractivity contribution in [2.75, 3.05) is 19.7 Å². The Balaban J connectivity index is 1.45. The van der Waals surface area contributed by atoms with Crippen LogP contribution in [0.4, 0.5) is 0 Å². The van der Waals surface area contributed by atoms with E-state index in [2.05, 4.69) is 22.2 Å². The van der Waals surface area contributed by atoms with Crippen LogP contribution in [0.3, 0.4) is 0 Å². The number of aryl methyl sites for hydroxylation is 3. The number of rotatable bonds is 4. The van der Waals surface area contributed by atoms with Crippen molar-refractivity contribution in [2.24, 2.45) is 0 Å². The minimum Gasteiger partial charge on any atom is -0.370 e. The normalized spacial score (nSPS) is 17.2. The average Bonchev–Trinajstić information content (AvgIpc) is 3.08. The molecule has 0 spiro atoms. The number of benzene rings is 1. The van der Waals surface area contributed by atoms with Crippen LogP contribution in [-0.2, 0) is 16.0 Å². The molecular weight excluding hydrogens is 352 g/mol. The van der Waals surface area contributed by atoms with Gasteiger partial charge in [-0.15, -0.1) is 0 Å². The molecule has 1 fully saturated rings. The van der Waals surface area contributed by atoms with E-state index in [1.807, 2.05) is 54.5 Å². The van der Waals surface area contributed by atoms with Crippen LogP contribution in [-0.4, -0.2) is 45.1 Å². The molecule has 3 heterocycles. The second kappa shape index (κ2) is 7.72. The average molecular weight is 378 g/mol. The molecule has 146 valence electrons. The van der Waals surface area contributed by atoms with Gasteiger partial charge < -0.3 is 9.64 Å². The number of ether oxygens (including phenoxy) is 1. The first-order chi connectivity index (χ1) is 13.5. The van der Waals surface area contributed by atoms with Crippen LogP contribution in [0.5, 0.6) is 0 Å². The zero-order valence-electron chi connectivity index (χ0n) is 16.7. The summed E-state index contributed by atoms with van der Waals surface area (Å²) in [5, 5.41) is 4.52. The Morgan fingerprint density at radius 1 is 1.21 bits per heavy atom. The van der Waals surface area contributed by atoms with Gasteiger partial charge in [0.15, 0.2) is 5.65 Å². The lowest BCUT2D eigenvalue weighted by Crippen LogP contribution is -2.42. The first-order valence-corrected chi connectivity index (χ1v) is 9.79. The topological polar surface area (TPSA) is 59.7 Å². The quantitative estimate of drug-likeness (QED) is 0.700. The summed E-state index contributed by atoms with van der Waals surface area (Å²) in [4.78, 5) is 19.4. The molecule has 0 saturated carbocycles. The molecule has 0 aliphatic carbocycles. The Labute approximate surface area is 165 Å². The third-order valence-corrected chi connectivity index (χ3v) is 5.47. The van der Waals surface area contributed by atoms with Crippen LogP contribution in [0.1, 0.15) is 40.7 Å². The number of amides is 1. The van der Waals surface area contributed by atoms with Crippen molar-refractivity contribution in [1.29, 1.82) is 0 Å². The summed E-state index contributed by atoms with van der Waals surface area (Å²) in [6.45, 7) is 7.85. The van der Waals surface area contributed by atoms with Gasteiger partial charge in [0.25, 0.3) is 0 Å². The maximum atomic E-state index is 12.9. The number of carbonyl (C=O) groups excluding carboxylic acids is 1. The molecule has 1 aliphatic heterocycles. The zero-order chi connectivity index (χ0) is 19.7. The molecule has 6 heteroatoms. The third-order valence-electron chi connectivity index (χ3n) is 5.47. The van der Waals surface area contributed by atoms with Crippen molar-refractivity contribution >= 4 is 11.6 Å². The summed E-state index contributed by atoms with van der Waals surface area (Å²) in [5.41, 5.74) is 6.08. The van der Waals surface area contributed by atoms with Crippen molar-refractivity contribution in [2.45, 2.75) is 39.7 Å². The largest absolute Gasteiger partial charge is 0.370 e. The molecule has 2 aromatic heterocycles. The van der Waals surface area contributed by atoms with E-state index in [0.29, 0.717) is 32.5 Å². The summed E-state index contributed by atoms with van der Waals surface area (Å²) in [5.74, 6) is 0.166. The molecule has 0 unspecified atom stereocenters. The van der Waals surface area contributed by atoms with E-state index in [-0.39, 0.29) is 12.0 Å². The summed E-state index contributed by atoms with van der Waals surface area (Å²) in [7, 11) is 0. The van der Waals surface area contributed by atoms with E-state index in [9.17, 15) is 4.79 Å². The van der Waals surface area contributed by atoms with Crippen LogP contribution in [0, 0.1) is 20.8 Å². The van der Waals surface area contributed by atoms with Gasteiger partial charge in [-0.2, -0.15) is 5.10 Å². The molecule has 1 aliphatic rings. The molecule has 1 atom stereocenters. The van der Waals surface area contributed by atoms with Gasteiger partial charge in [0.05, 0.1) is 18.8 Å². The predicted molar refractivity (Wildman–Crippen MR) is 107 cm³/mol. The van der Waals surface area contributed by atoms with E-state index < -0.39 is 0 Å². The molecule has 0 radical (unpaired) electrons. The molecule has 1 amide bonds. The molecule has 0 N–H and O–H groups in total. The highest BCUT2D eigenvalue weighted by Crippen LogP contribution is 2.23. The lowest BCUT2D eigenvalue weighted by molar-refractivity contribution is -0.139. The first-order valence-electron chi connectivity index (χ1n) is 9.79. The van der Waals surface area contributed by atoms with Crippen molar-refractivity contribution in [3.8, 4) is 0 Å². The van der Waals surface area contributed by atoms with Crippen molar-refractivity contribution < 1.29 is 9.53 Å². The van der Waals surface area contributed by atoms with E-state index in [0.717, 1.165) is 33.9 Å². The Bertz CT molecular complexity index is 997. The van der Waals surface area contributed by atoms with Crippen LogP contribution in [0.15, 0.2) is 36.4 Å². The second-order valence-electron chi connectivity index (χ2n) is 7.43. The smallest absolute Gasteiger partial charge is 0.223 e. The van der Waals surface area contributed by atoms with Gasteiger partial charge in [0, 0.05) is 30.4 Å². The summed E-state index contributed by atoms with van der Waals surface area (Å²) < 4.78 is 7.76. The fraction of sp³-hybridized carbons (Fsp3) is 0.409. The second-order valence-corrected chi connectivity index (χ2v) is 7.43. The maximum Gasteiger partial charge on any atom is 0.223 e. The molecule has 4 rings (SSSR count). The minimum atomic E-state index is -0.0487. The first kappa shape index (κ1) is 18.6. The van der Waals surface area contributed by atoms with Gasteiger partial charge in [-0.25, -0.2) is 9.50 Å². The van der Waals surface area contributed by atoms with Crippen LogP contribution >= 0.6 is 0 Å². The molecule has 3 aromatic rings. The van der Waals surface area contributed by atoms with Crippen LogP contribution in [0.2, 0.25) is 0 Å². The number of hydrogen-bond donors (Lipinski definition) is 0. The molecule has 0 bridgehead atoms. The van der Waals surface area contributed by atoms with E-state index in [1.54, 1.807) is 0 Å². The zero-order valence-corrected chi connectivity index (χ0v) is 16.7. The molecule has 1 aromatic carbocycles. The highest BCUT2D eigenvalue weighted by atomic mass is 16.5. The summed E-state index contributed by atoms with van der Waals surface area (Å²) in [6.07, 6.45) is 1.09. The van der Waals surface area contributed by atoms with Gasteiger partial charge in [0.2, 0.25) is 5.91 Å². The van der Waals surface area contributed by atoms with Gasteiger partial charge in [-0.3, -0.25) is 4.79 Å². The number of hydrogen-bond acceptors (Lipinski definition) is 4. The van der Waals surface area contributed by atoms with Gasteiger partial charge in [-0.1, -0.05) is 30.3 Å². The molecule has 28 heavy (non-hydrogen) atoms. The number of morpholine rings is 1. The predicted octanol–water partition coefficient (Wildman–Crippen LogP) is 3.19. The van der Waals surface area contributed by atoms with Crippen molar-refractivity contribution in [3.63, 3.8) is 0 Å². The molecular formula is C22H26N4O2. The molecule has 1 saturated heterocycles. The van der Waals surface area contributed by atoms with E-state index in [4.69, 9.17) is 4.74 Å². The SMILES string of the molecule is Cc1cc2nc(C)c(CCC(=O)N3CCO[C@H](c4ccccc4)C3)c(C)n2n1. The van der Waals surface area contributed by atoms with Gasteiger partial charge >= 0.3 is 0 Å². The Hall–Kier alpha value is -2.73. The summed E-state index contributed by atoms with van der Waals surface area (Å²) >= 11 is 0. The van der Waals surface area contributed by atoms with Crippen molar-refractivity contribution in [1.82, 2.24) is 19.5 Å². The fourth-order valence-electron chi connectivity index (χ4n) is 3.94. The monoisotopic (exact) mass is 378 g/mol. The highest BCUT2D eigenvalue weighted by molar-refractivity contribution is 5.76. The Kier molecular flexibility index (Phi) is 5.13. The fourth-order valence-corrected chi connectivity index (χ4v) is 3.94.